The normalized spacial score (nSPS) is 11.2. The zero-order chi connectivity index (χ0) is 21.6. The minimum Gasteiger partial charge on any atom is -0.457 e. The highest BCUT2D eigenvalue weighted by Crippen LogP contribution is 2.24. The maximum atomic E-state index is 12.5. The first-order valence-electron chi connectivity index (χ1n) is 10.3. The van der Waals surface area contributed by atoms with Gasteiger partial charge in [-0.3, -0.25) is 0 Å². The molecule has 156 valence electrons. The summed E-state index contributed by atoms with van der Waals surface area (Å²) in [6.07, 6.45) is 0. The zero-order valence-electron chi connectivity index (χ0n) is 18.1. The van der Waals surface area contributed by atoms with Crippen LogP contribution >= 0.6 is 0 Å². The van der Waals surface area contributed by atoms with Gasteiger partial charge in [-0.2, -0.15) is 0 Å². The molecule has 4 nitrogen and oxygen atoms in total. The van der Waals surface area contributed by atoms with Gasteiger partial charge in [0.25, 0.3) is 0 Å². The maximum absolute atomic E-state index is 12.5. The fourth-order valence-corrected chi connectivity index (χ4v) is 3.17. The molecule has 30 heavy (non-hydrogen) atoms. The van der Waals surface area contributed by atoms with E-state index in [1.54, 1.807) is 0 Å². The Labute approximate surface area is 179 Å². The van der Waals surface area contributed by atoms with Crippen LogP contribution in [0.2, 0.25) is 0 Å². The van der Waals surface area contributed by atoms with Crippen molar-refractivity contribution in [1.82, 2.24) is 10.6 Å². The second-order valence-corrected chi connectivity index (χ2v) is 8.27. The molecule has 3 aromatic rings. The van der Waals surface area contributed by atoms with Crippen LogP contribution in [-0.2, 0) is 12.1 Å². The van der Waals surface area contributed by atoms with Gasteiger partial charge in [-0.05, 0) is 60.7 Å². The third kappa shape index (κ3) is 5.86. The van der Waals surface area contributed by atoms with Crippen LogP contribution in [0.15, 0.2) is 78.9 Å². The van der Waals surface area contributed by atoms with E-state index in [0.29, 0.717) is 12.5 Å². The number of nitrogens with one attached hydrogen (secondary N) is 2. The van der Waals surface area contributed by atoms with Gasteiger partial charge < -0.3 is 15.4 Å². The third-order valence-electron chi connectivity index (χ3n) is 5.06. The predicted octanol–water partition coefficient (Wildman–Crippen LogP) is 6.34. The molecular formula is C26H30N2O2. The molecule has 0 heterocycles. The van der Waals surface area contributed by atoms with Crippen molar-refractivity contribution < 1.29 is 9.53 Å². The second kappa shape index (κ2) is 9.49. The Morgan fingerprint density at radius 1 is 0.900 bits per heavy atom. The highest BCUT2D eigenvalue weighted by molar-refractivity contribution is 5.75. The maximum Gasteiger partial charge on any atom is 0.315 e. The van der Waals surface area contributed by atoms with E-state index in [2.05, 4.69) is 42.7 Å². The number of hydrogen-bond donors (Lipinski definition) is 2. The summed E-state index contributed by atoms with van der Waals surface area (Å²) in [5.41, 5.74) is 2.89. The molecule has 0 fully saturated rings. The van der Waals surface area contributed by atoms with Gasteiger partial charge in [0.1, 0.15) is 11.5 Å². The first-order chi connectivity index (χ1) is 14.3. The van der Waals surface area contributed by atoms with Crippen molar-refractivity contribution in [2.75, 3.05) is 0 Å². The van der Waals surface area contributed by atoms with Crippen molar-refractivity contribution >= 4 is 6.03 Å². The summed E-state index contributed by atoms with van der Waals surface area (Å²) in [4.78, 5) is 12.5. The van der Waals surface area contributed by atoms with Crippen LogP contribution in [0.4, 0.5) is 4.79 Å². The van der Waals surface area contributed by atoms with E-state index in [9.17, 15) is 4.79 Å². The van der Waals surface area contributed by atoms with Crippen LogP contribution in [0.5, 0.6) is 11.5 Å². The molecule has 0 aliphatic rings. The Morgan fingerprint density at radius 2 is 1.57 bits per heavy atom. The van der Waals surface area contributed by atoms with Gasteiger partial charge in [0.2, 0.25) is 0 Å². The molecule has 0 radical (unpaired) electrons. The van der Waals surface area contributed by atoms with Gasteiger partial charge in [-0.1, -0.05) is 68.4 Å². The SMILES string of the molecule is CC(C)c1cccc(C(C)(C)NC(=O)NCc2ccc(Oc3ccccc3)cc2)c1. The number of hydrogen-bond acceptors (Lipinski definition) is 2. The number of ether oxygens (including phenoxy) is 1. The molecule has 3 aromatic carbocycles. The fraction of sp³-hybridized carbons (Fsp3) is 0.269. The smallest absolute Gasteiger partial charge is 0.315 e. The quantitative estimate of drug-likeness (QED) is 0.485. The van der Waals surface area contributed by atoms with Crippen LogP contribution in [0.1, 0.15) is 50.3 Å². The minimum absolute atomic E-state index is 0.195. The lowest BCUT2D eigenvalue weighted by atomic mass is 9.90. The molecular weight excluding hydrogens is 372 g/mol. The Hall–Kier alpha value is -3.27. The molecule has 0 atom stereocenters. The van der Waals surface area contributed by atoms with E-state index in [4.69, 9.17) is 4.74 Å². The van der Waals surface area contributed by atoms with Crippen LogP contribution in [-0.4, -0.2) is 6.03 Å². The highest BCUT2D eigenvalue weighted by Gasteiger charge is 2.23. The van der Waals surface area contributed by atoms with Crippen LogP contribution < -0.4 is 15.4 Å². The first kappa shape index (κ1) is 21.4. The Morgan fingerprint density at radius 3 is 2.23 bits per heavy atom. The van der Waals surface area contributed by atoms with Gasteiger partial charge in [-0.25, -0.2) is 4.79 Å². The summed E-state index contributed by atoms with van der Waals surface area (Å²) >= 11 is 0. The van der Waals surface area contributed by atoms with E-state index in [1.165, 1.54) is 5.56 Å². The lowest BCUT2D eigenvalue weighted by Gasteiger charge is -2.28. The largest absolute Gasteiger partial charge is 0.457 e. The molecule has 0 unspecified atom stereocenters. The standard InChI is InChI=1S/C26H30N2O2/c1-19(2)21-9-8-10-22(17-21)26(3,4)28-25(29)27-18-20-13-15-24(16-14-20)30-23-11-6-5-7-12-23/h5-17,19H,18H2,1-4H3,(H2,27,28,29). The van der Waals surface area contributed by atoms with Crippen molar-refractivity contribution in [3.05, 3.63) is 95.6 Å². The van der Waals surface area contributed by atoms with Gasteiger partial charge in [-0.15, -0.1) is 0 Å². The summed E-state index contributed by atoms with van der Waals surface area (Å²) in [6, 6.07) is 25.6. The monoisotopic (exact) mass is 402 g/mol. The third-order valence-corrected chi connectivity index (χ3v) is 5.06. The average molecular weight is 403 g/mol. The Balaban J connectivity index is 1.54. The second-order valence-electron chi connectivity index (χ2n) is 8.27. The number of carbonyl (C=O) groups excluding carboxylic acids is 1. The topological polar surface area (TPSA) is 50.4 Å². The van der Waals surface area contributed by atoms with Crippen LogP contribution in [0, 0.1) is 0 Å². The molecule has 3 rings (SSSR count). The van der Waals surface area contributed by atoms with Crippen LogP contribution in [0.3, 0.4) is 0 Å². The predicted molar refractivity (Wildman–Crippen MR) is 122 cm³/mol. The number of benzene rings is 3. The first-order valence-corrected chi connectivity index (χ1v) is 10.3. The molecule has 0 aliphatic carbocycles. The highest BCUT2D eigenvalue weighted by atomic mass is 16.5. The number of urea groups is 1. The van der Waals surface area contributed by atoms with Gasteiger partial charge >= 0.3 is 6.03 Å². The lowest BCUT2D eigenvalue weighted by Crippen LogP contribution is -2.46. The lowest BCUT2D eigenvalue weighted by molar-refractivity contribution is 0.229. The van der Waals surface area contributed by atoms with E-state index in [1.807, 2.05) is 74.5 Å². The number of carbonyl (C=O) groups is 1. The summed E-state index contributed by atoms with van der Waals surface area (Å²) in [6.45, 7) is 8.81. The summed E-state index contributed by atoms with van der Waals surface area (Å²) in [5, 5.41) is 6.02. The number of rotatable bonds is 7. The molecule has 2 amide bonds. The van der Waals surface area contributed by atoms with E-state index in [-0.39, 0.29) is 6.03 Å². The summed E-state index contributed by atoms with van der Waals surface area (Å²) in [5.74, 6) is 2.01. The number of para-hydroxylation sites is 1. The van der Waals surface area contributed by atoms with Crippen molar-refractivity contribution in [2.24, 2.45) is 0 Å². The Bertz CT molecular complexity index is 964. The fourth-order valence-electron chi connectivity index (χ4n) is 3.17. The molecule has 0 aliphatic heterocycles. The van der Waals surface area contributed by atoms with E-state index in [0.717, 1.165) is 22.6 Å². The minimum atomic E-state index is -0.470. The van der Waals surface area contributed by atoms with Crippen molar-refractivity contribution in [3.63, 3.8) is 0 Å². The van der Waals surface area contributed by atoms with E-state index < -0.39 is 5.54 Å². The average Bonchev–Trinajstić information content (AvgIpc) is 2.74. The Kier molecular flexibility index (Phi) is 6.78. The van der Waals surface area contributed by atoms with Crippen molar-refractivity contribution in [3.8, 4) is 11.5 Å². The zero-order valence-corrected chi connectivity index (χ0v) is 18.1. The molecule has 0 bridgehead atoms. The van der Waals surface area contributed by atoms with Gasteiger partial charge in [0.05, 0.1) is 5.54 Å². The number of amides is 2. The van der Waals surface area contributed by atoms with Crippen molar-refractivity contribution in [2.45, 2.75) is 45.7 Å². The molecule has 4 heteroatoms. The van der Waals surface area contributed by atoms with Gasteiger partial charge in [0, 0.05) is 6.54 Å². The molecule has 0 aromatic heterocycles. The summed E-state index contributed by atoms with van der Waals surface area (Å²) < 4.78 is 5.80. The van der Waals surface area contributed by atoms with Gasteiger partial charge in [0.15, 0.2) is 0 Å². The molecule has 0 spiro atoms. The molecule has 0 saturated carbocycles. The van der Waals surface area contributed by atoms with Crippen LogP contribution in [0.25, 0.3) is 0 Å². The molecule has 2 N–H and O–H groups in total. The molecule has 0 saturated heterocycles. The summed E-state index contributed by atoms with van der Waals surface area (Å²) in [7, 11) is 0. The van der Waals surface area contributed by atoms with Crippen molar-refractivity contribution in [1.29, 1.82) is 0 Å². The van der Waals surface area contributed by atoms with E-state index >= 15 is 0 Å².